The molecule has 1 aromatic rings. The highest BCUT2D eigenvalue weighted by atomic mass is 35.5. The van der Waals surface area contributed by atoms with E-state index >= 15 is 0 Å². The van der Waals surface area contributed by atoms with Crippen LogP contribution in [0.4, 0.5) is 19.0 Å². The largest absolute Gasteiger partial charge is 0.421 e. The van der Waals surface area contributed by atoms with Crippen LogP contribution in [-0.4, -0.2) is 39.9 Å². The minimum atomic E-state index is -4.59. The highest BCUT2D eigenvalue weighted by Crippen LogP contribution is 2.34. The summed E-state index contributed by atoms with van der Waals surface area (Å²) in [5.74, 6) is -0.617. The normalized spacial score (nSPS) is 18.9. The lowest BCUT2D eigenvalue weighted by Gasteiger charge is -2.33. The van der Waals surface area contributed by atoms with Gasteiger partial charge in [0.1, 0.15) is 11.4 Å². The highest BCUT2D eigenvalue weighted by molar-refractivity contribution is 6.28. The molecule has 0 spiro atoms. The monoisotopic (exact) mass is 334 g/mol. The van der Waals surface area contributed by atoms with E-state index < -0.39 is 11.7 Å². The van der Waals surface area contributed by atoms with Crippen molar-refractivity contribution in [3.05, 3.63) is 29.7 Å². The second kappa shape index (κ2) is 6.51. The number of nitrogens with zero attached hydrogens (tertiary/aromatic N) is 3. The van der Waals surface area contributed by atoms with Crippen molar-refractivity contribution in [3.8, 4) is 0 Å². The topological polar surface area (TPSA) is 58.1 Å². The molecule has 9 heteroatoms. The summed E-state index contributed by atoms with van der Waals surface area (Å²) >= 11 is 5.58. The Balaban J connectivity index is 2.18. The van der Waals surface area contributed by atoms with Crippen LogP contribution in [0.1, 0.15) is 18.4 Å². The van der Waals surface area contributed by atoms with E-state index in [2.05, 4.69) is 21.9 Å². The van der Waals surface area contributed by atoms with E-state index in [1.807, 2.05) is 0 Å². The highest BCUT2D eigenvalue weighted by Gasteiger charge is 2.36. The Morgan fingerprint density at radius 3 is 2.91 bits per heavy atom. The van der Waals surface area contributed by atoms with Gasteiger partial charge in [0.2, 0.25) is 11.2 Å². The van der Waals surface area contributed by atoms with Gasteiger partial charge in [0.05, 0.1) is 0 Å². The molecule has 2 heterocycles. The number of amides is 1. The molecule has 2 rings (SSSR count). The van der Waals surface area contributed by atoms with Gasteiger partial charge in [-0.25, -0.2) is 9.97 Å². The molecular weight excluding hydrogens is 321 g/mol. The van der Waals surface area contributed by atoms with Crippen molar-refractivity contribution in [3.63, 3.8) is 0 Å². The van der Waals surface area contributed by atoms with Gasteiger partial charge in [-0.15, -0.1) is 0 Å². The first-order valence-corrected chi connectivity index (χ1v) is 6.96. The molecule has 0 unspecified atom stereocenters. The van der Waals surface area contributed by atoms with E-state index in [0.717, 1.165) is 0 Å². The van der Waals surface area contributed by atoms with Gasteiger partial charge in [-0.3, -0.25) is 4.79 Å². The third kappa shape index (κ3) is 3.88. The summed E-state index contributed by atoms with van der Waals surface area (Å²) in [5.41, 5.74) is -0.982. The molecule has 0 saturated carbocycles. The van der Waals surface area contributed by atoms with Gasteiger partial charge in [0.15, 0.2) is 0 Å². The van der Waals surface area contributed by atoms with Crippen molar-refractivity contribution in [2.24, 2.45) is 0 Å². The van der Waals surface area contributed by atoms with Crippen molar-refractivity contribution in [2.75, 3.05) is 18.4 Å². The average molecular weight is 335 g/mol. The molecular formula is C13H14ClF3N4O. The number of likely N-dealkylation sites (tertiary alicyclic amines) is 1. The molecule has 1 atom stereocenters. The van der Waals surface area contributed by atoms with Gasteiger partial charge in [0, 0.05) is 25.3 Å². The van der Waals surface area contributed by atoms with Crippen LogP contribution in [0.2, 0.25) is 5.28 Å². The number of aromatic nitrogens is 2. The van der Waals surface area contributed by atoms with Crippen LogP contribution >= 0.6 is 11.6 Å². The fraction of sp³-hybridized carbons (Fsp3) is 0.462. The van der Waals surface area contributed by atoms with Gasteiger partial charge < -0.3 is 10.2 Å². The summed E-state index contributed by atoms with van der Waals surface area (Å²) in [5, 5.41) is 2.45. The molecule has 0 aliphatic carbocycles. The summed E-state index contributed by atoms with van der Waals surface area (Å²) in [7, 11) is 0. The maximum absolute atomic E-state index is 13.0. The number of carbonyl (C=O) groups is 1. The lowest BCUT2D eigenvalue weighted by molar-refractivity contribution is -0.137. The smallest absolute Gasteiger partial charge is 0.365 e. The van der Waals surface area contributed by atoms with Crippen molar-refractivity contribution < 1.29 is 18.0 Å². The van der Waals surface area contributed by atoms with E-state index in [1.54, 1.807) is 0 Å². The zero-order valence-corrected chi connectivity index (χ0v) is 12.3. The van der Waals surface area contributed by atoms with Crippen LogP contribution in [0, 0.1) is 0 Å². The molecule has 0 bridgehead atoms. The van der Waals surface area contributed by atoms with Gasteiger partial charge in [-0.05, 0) is 30.5 Å². The van der Waals surface area contributed by atoms with Crippen LogP contribution in [-0.2, 0) is 11.0 Å². The SMILES string of the molecule is C=CC(=O)N1CCC[C@@H](Nc2nc(Cl)ncc2C(F)(F)F)C1. The Hall–Kier alpha value is -1.83. The molecule has 22 heavy (non-hydrogen) atoms. The summed E-state index contributed by atoms with van der Waals surface area (Å²) in [6.07, 6.45) is -1.45. The molecule has 1 aromatic heterocycles. The Morgan fingerprint density at radius 2 is 2.27 bits per heavy atom. The van der Waals surface area contributed by atoms with Crippen molar-refractivity contribution in [2.45, 2.75) is 25.1 Å². The van der Waals surface area contributed by atoms with Gasteiger partial charge in [-0.1, -0.05) is 6.58 Å². The van der Waals surface area contributed by atoms with Crippen LogP contribution in [0.5, 0.6) is 0 Å². The summed E-state index contributed by atoms with van der Waals surface area (Å²) in [6.45, 7) is 4.24. The second-order valence-corrected chi connectivity index (χ2v) is 5.21. The molecule has 1 fully saturated rings. The fourth-order valence-electron chi connectivity index (χ4n) is 2.30. The summed E-state index contributed by atoms with van der Waals surface area (Å²) < 4.78 is 38.9. The van der Waals surface area contributed by atoms with Crippen LogP contribution in [0.15, 0.2) is 18.9 Å². The minimum absolute atomic E-state index is 0.247. The number of anilines is 1. The van der Waals surface area contributed by atoms with Gasteiger partial charge in [0.25, 0.3) is 0 Å². The Morgan fingerprint density at radius 1 is 1.55 bits per heavy atom. The second-order valence-electron chi connectivity index (χ2n) is 4.87. The molecule has 1 aliphatic rings. The number of rotatable bonds is 3. The number of carbonyl (C=O) groups excluding carboxylic acids is 1. The lowest BCUT2D eigenvalue weighted by atomic mass is 10.1. The third-order valence-corrected chi connectivity index (χ3v) is 3.50. The predicted octanol–water partition coefficient (Wildman–Crippen LogP) is 2.74. The predicted molar refractivity (Wildman–Crippen MR) is 75.5 cm³/mol. The molecule has 0 aromatic carbocycles. The first-order valence-electron chi connectivity index (χ1n) is 6.59. The molecule has 0 radical (unpaired) electrons. The fourth-order valence-corrected chi connectivity index (χ4v) is 2.43. The zero-order valence-electron chi connectivity index (χ0n) is 11.5. The minimum Gasteiger partial charge on any atom is -0.365 e. The molecule has 1 N–H and O–H groups in total. The number of hydrogen-bond donors (Lipinski definition) is 1. The molecule has 5 nitrogen and oxygen atoms in total. The number of nitrogens with one attached hydrogen (secondary N) is 1. The number of alkyl halides is 3. The maximum Gasteiger partial charge on any atom is 0.421 e. The molecule has 1 saturated heterocycles. The van der Waals surface area contributed by atoms with E-state index in [9.17, 15) is 18.0 Å². The lowest BCUT2D eigenvalue weighted by Crippen LogP contribution is -2.44. The van der Waals surface area contributed by atoms with Gasteiger partial charge >= 0.3 is 6.18 Å². The maximum atomic E-state index is 13.0. The number of halogens is 4. The molecule has 120 valence electrons. The summed E-state index contributed by atoms with van der Waals surface area (Å²) in [6, 6.07) is -0.343. The van der Waals surface area contributed by atoms with E-state index in [0.29, 0.717) is 25.6 Å². The van der Waals surface area contributed by atoms with Crippen LogP contribution in [0.3, 0.4) is 0 Å². The van der Waals surface area contributed by atoms with E-state index in [1.165, 1.54) is 11.0 Å². The van der Waals surface area contributed by atoms with E-state index in [-0.39, 0.29) is 29.6 Å². The Kier molecular flexibility index (Phi) is 4.90. The zero-order chi connectivity index (χ0) is 16.3. The van der Waals surface area contributed by atoms with E-state index in [4.69, 9.17) is 11.6 Å². The van der Waals surface area contributed by atoms with Crippen molar-refractivity contribution >= 4 is 23.3 Å². The number of piperidine rings is 1. The quantitative estimate of drug-likeness (QED) is 0.682. The average Bonchev–Trinajstić information content (AvgIpc) is 2.45. The molecule has 1 amide bonds. The standard InChI is InChI=1S/C13H14ClF3N4O/c1-2-10(22)21-5-3-4-8(7-21)19-11-9(13(15,16)17)6-18-12(14)20-11/h2,6,8H,1,3-5,7H2,(H,18,19,20)/t8-/m1/s1. The first kappa shape index (κ1) is 16.5. The van der Waals surface area contributed by atoms with Crippen molar-refractivity contribution in [1.29, 1.82) is 0 Å². The molecule has 1 aliphatic heterocycles. The van der Waals surface area contributed by atoms with Crippen molar-refractivity contribution in [1.82, 2.24) is 14.9 Å². The van der Waals surface area contributed by atoms with Crippen LogP contribution < -0.4 is 5.32 Å². The Labute approximate surface area is 130 Å². The van der Waals surface area contributed by atoms with Crippen LogP contribution in [0.25, 0.3) is 0 Å². The number of hydrogen-bond acceptors (Lipinski definition) is 4. The van der Waals surface area contributed by atoms with Gasteiger partial charge in [-0.2, -0.15) is 13.2 Å². The summed E-state index contributed by atoms with van der Waals surface area (Å²) in [4.78, 5) is 20.1. The Bertz CT molecular complexity index is 579. The third-order valence-electron chi connectivity index (χ3n) is 3.31. The first-order chi connectivity index (χ1) is 10.3.